The van der Waals surface area contributed by atoms with Crippen molar-refractivity contribution >= 4 is 8.56 Å². The van der Waals surface area contributed by atoms with Gasteiger partial charge in [0, 0.05) is 0 Å². The van der Waals surface area contributed by atoms with Crippen molar-refractivity contribution in [3.8, 4) is 0 Å². The third-order valence-electron chi connectivity index (χ3n) is 2.22. The molecule has 0 radical (unpaired) electrons. The van der Waals surface area contributed by atoms with E-state index in [-0.39, 0.29) is 0 Å². The van der Waals surface area contributed by atoms with Gasteiger partial charge >= 0.3 is 0 Å². The molecule has 62 valence electrons. The Bertz CT molecular complexity index is 95.2. The Morgan fingerprint density at radius 3 is 1.30 bits per heavy atom. The van der Waals surface area contributed by atoms with Gasteiger partial charge in [0.25, 0.3) is 8.56 Å². The lowest BCUT2D eigenvalue weighted by atomic mass is 11.3. The monoisotopic (exact) mass is 161 g/mol. The normalized spacial score (nSPS) is 13.2. The van der Waals surface area contributed by atoms with Crippen LogP contribution < -0.4 is 4.98 Å². The molecule has 0 aromatic rings. The molecule has 0 aliphatic heterocycles. The zero-order chi connectivity index (χ0) is 8.36. The summed E-state index contributed by atoms with van der Waals surface area (Å²) in [5, 5.41) is 0. The molecule has 4 heteroatoms. The van der Waals surface area contributed by atoms with E-state index in [0.29, 0.717) is 0 Å². The summed E-state index contributed by atoms with van der Waals surface area (Å²) in [7, 11) is 9.01. The second-order valence-electron chi connectivity index (χ2n) is 3.06. The minimum atomic E-state index is -1.46. The molecule has 0 aromatic carbocycles. The number of nitrogens with one attached hydrogen (secondary N) is 1. The second kappa shape index (κ2) is 3.48. The molecule has 1 N–H and O–H groups in total. The second-order valence-corrected chi connectivity index (χ2v) is 7.39. The molecule has 0 amide bonds. The number of hydrogen-bond donors (Lipinski definition) is 1. The fourth-order valence-electron chi connectivity index (χ4n) is 0.847. The molecular weight excluding hydrogens is 142 g/mol. The van der Waals surface area contributed by atoms with Gasteiger partial charge in [0.15, 0.2) is 0 Å². The van der Waals surface area contributed by atoms with E-state index >= 15 is 0 Å². The molecular formula is C6H19N3Si. The summed E-state index contributed by atoms with van der Waals surface area (Å²) >= 11 is 0. The lowest BCUT2D eigenvalue weighted by Gasteiger charge is -2.38. The van der Waals surface area contributed by atoms with Crippen molar-refractivity contribution in [2.75, 3.05) is 35.2 Å². The van der Waals surface area contributed by atoms with E-state index in [0.717, 1.165) is 0 Å². The van der Waals surface area contributed by atoms with Crippen LogP contribution in [0.1, 0.15) is 0 Å². The molecule has 0 saturated carbocycles. The van der Waals surface area contributed by atoms with Crippen LogP contribution in [0.15, 0.2) is 0 Å². The van der Waals surface area contributed by atoms with Crippen molar-refractivity contribution in [1.29, 1.82) is 0 Å². The van der Waals surface area contributed by atoms with Gasteiger partial charge in [0.2, 0.25) is 0 Å². The molecule has 0 aliphatic carbocycles. The van der Waals surface area contributed by atoms with Crippen LogP contribution in [-0.2, 0) is 0 Å². The molecule has 0 heterocycles. The van der Waals surface area contributed by atoms with Crippen molar-refractivity contribution in [3.05, 3.63) is 0 Å². The molecule has 3 nitrogen and oxygen atoms in total. The van der Waals surface area contributed by atoms with Gasteiger partial charge in [0.1, 0.15) is 0 Å². The van der Waals surface area contributed by atoms with Crippen LogP contribution in [0.3, 0.4) is 0 Å². The Kier molecular flexibility index (Phi) is 3.51. The van der Waals surface area contributed by atoms with Crippen molar-refractivity contribution in [2.45, 2.75) is 6.55 Å². The maximum absolute atomic E-state index is 3.37. The first-order valence-corrected chi connectivity index (χ1v) is 5.88. The van der Waals surface area contributed by atoms with Crippen LogP contribution in [0.2, 0.25) is 6.55 Å². The third kappa shape index (κ3) is 1.79. The van der Waals surface area contributed by atoms with Gasteiger partial charge in [-0.25, -0.2) is 0 Å². The summed E-state index contributed by atoms with van der Waals surface area (Å²) in [6.07, 6.45) is 0. The molecule has 0 aromatic heterocycles. The van der Waals surface area contributed by atoms with Crippen LogP contribution in [0.25, 0.3) is 0 Å². The van der Waals surface area contributed by atoms with E-state index in [1.54, 1.807) is 0 Å². The highest BCUT2D eigenvalue weighted by Gasteiger charge is 2.31. The van der Waals surface area contributed by atoms with Gasteiger partial charge in [-0.2, -0.15) is 0 Å². The molecule has 10 heavy (non-hydrogen) atoms. The minimum Gasteiger partial charge on any atom is -0.316 e. The highest BCUT2D eigenvalue weighted by molar-refractivity contribution is 6.70. The largest absolute Gasteiger partial charge is 0.316 e. The average molecular weight is 161 g/mol. The van der Waals surface area contributed by atoms with Crippen molar-refractivity contribution in [2.24, 2.45) is 0 Å². The van der Waals surface area contributed by atoms with Gasteiger partial charge in [-0.15, -0.1) is 0 Å². The summed E-state index contributed by atoms with van der Waals surface area (Å²) in [6, 6.07) is 0. The maximum atomic E-state index is 3.37. The molecule has 0 rings (SSSR count). The van der Waals surface area contributed by atoms with Gasteiger partial charge in [-0.05, 0) is 41.8 Å². The first-order valence-electron chi connectivity index (χ1n) is 3.49. The van der Waals surface area contributed by atoms with E-state index in [2.05, 4.69) is 48.9 Å². The third-order valence-corrected chi connectivity index (χ3v) is 6.65. The summed E-state index contributed by atoms with van der Waals surface area (Å²) in [5.74, 6) is 0. The highest BCUT2D eigenvalue weighted by atomic mass is 28.4. The van der Waals surface area contributed by atoms with E-state index in [9.17, 15) is 0 Å². The van der Waals surface area contributed by atoms with Crippen molar-refractivity contribution in [1.82, 2.24) is 14.1 Å². The molecule has 0 fully saturated rings. The molecule has 0 saturated heterocycles. The number of hydrogen-bond acceptors (Lipinski definition) is 3. The summed E-state index contributed by atoms with van der Waals surface area (Å²) in [6.45, 7) is 2.27. The van der Waals surface area contributed by atoms with Gasteiger partial charge < -0.3 is 14.1 Å². The van der Waals surface area contributed by atoms with Crippen molar-refractivity contribution < 1.29 is 0 Å². The van der Waals surface area contributed by atoms with E-state index in [1.807, 2.05) is 7.05 Å². The summed E-state index contributed by atoms with van der Waals surface area (Å²) < 4.78 is 4.54. The van der Waals surface area contributed by atoms with Gasteiger partial charge in [-0.1, -0.05) is 0 Å². The van der Waals surface area contributed by atoms with Crippen LogP contribution in [0.4, 0.5) is 0 Å². The van der Waals surface area contributed by atoms with Gasteiger partial charge in [-0.3, -0.25) is 0 Å². The maximum Gasteiger partial charge on any atom is 0.282 e. The average Bonchev–Trinajstić information content (AvgIpc) is 1.85. The predicted octanol–water partition coefficient (Wildman–Crippen LogP) is -0.102. The van der Waals surface area contributed by atoms with Gasteiger partial charge in [0.05, 0.1) is 0 Å². The fraction of sp³-hybridized carbons (Fsp3) is 1.00. The Balaban J connectivity index is 4.23. The zero-order valence-electron chi connectivity index (χ0n) is 7.89. The highest BCUT2D eigenvalue weighted by Crippen LogP contribution is 2.02. The standard InChI is InChI=1S/C6H19N3Si/c1-7-10(6,8(2)3)9(4)5/h7H,1-6H3. The molecule has 0 atom stereocenters. The fourth-order valence-corrected chi connectivity index (χ4v) is 2.54. The summed E-state index contributed by atoms with van der Waals surface area (Å²) in [5.41, 5.74) is 0. The topological polar surface area (TPSA) is 18.5 Å². The van der Waals surface area contributed by atoms with Crippen LogP contribution >= 0.6 is 0 Å². The molecule has 0 bridgehead atoms. The minimum absolute atomic E-state index is 1.46. The lowest BCUT2D eigenvalue weighted by molar-refractivity contribution is 0.470. The molecule has 0 spiro atoms. The number of nitrogens with zero attached hydrogens (tertiary/aromatic N) is 2. The van der Waals surface area contributed by atoms with E-state index in [1.165, 1.54) is 0 Å². The first kappa shape index (κ1) is 10.1. The van der Waals surface area contributed by atoms with Crippen LogP contribution in [0, 0.1) is 0 Å². The molecule has 0 unspecified atom stereocenters. The smallest absolute Gasteiger partial charge is 0.282 e. The SMILES string of the molecule is CN[Si](C)(N(C)C)N(C)C. The van der Waals surface area contributed by atoms with E-state index < -0.39 is 8.56 Å². The summed E-state index contributed by atoms with van der Waals surface area (Å²) in [4.78, 5) is 3.37. The zero-order valence-corrected chi connectivity index (χ0v) is 8.89. The first-order chi connectivity index (χ1) is 4.45. The van der Waals surface area contributed by atoms with Crippen molar-refractivity contribution in [3.63, 3.8) is 0 Å². The molecule has 0 aliphatic rings. The van der Waals surface area contributed by atoms with Crippen LogP contribution in [0.5, 0.6) is 0 Å². The van der Waals surface area contributed by atoms with Crippen LogP contribution in [-0.4, -0.2) is 52.9 Å². The number of rotatable bonds is 3. The Morgan fingerprint density at radius 1 is 1.00 bits per heavy atom. The van der Waals surface area contributed by atoms with E-state index in [4.69, 9.17) is 0 Å². The lowest BCUT2D eigenvalue weighted by Crippen LogP contribution is -2.67. The Morgan fingerprint density at radius 2 is 1.30 bits per heavy atom. The Labute approximate surface area is 65.3 Å². The predicted molar refractivity (Wildman–Crippen MR) is 48.1 cm³/mol. The Hall–Kier alpha value is 0.0969. The quantitative estimate of drug-likeness (QED) is 0.583.